The molecule has 90 valence electrons. The monoisotopic (exact) mass is 266 g/mol. The Morgan fingerprint density at radius 2 is 2.24 bits per heavy atom. The van der Waals surface area contributed by atoms with Gasteiger partial charge >= 0.3 is 0 Å². The number of fused-ring (bicyclic) bond motifs is 1. The van der Waals surface area contributed by atoms with Gasteiger partial charge in [0.25, 0.3) is 0 Å². The largest absolute Gasteiger partial charge is 0.361 e. The van der Waals surface area contributed by atoms with Gasteiger partial charge in [0, 0.05) is 23.9 Å². The Morgan fingerprint density at radius 3 is 3.06 bits per heavy atom. The summed E-state index contributed by atoms with van der Waals surface area (Å²) < 4.78 is 4.50. The second-order valence-electron chi connectivity index (χ2n) is 4.73. The van der Waals surface area contributed by atoms with Crippen LogP contribution in [0.1, 0.15) is 13.3 Å². The Hall–Kier alpha value is -0.800. The topological polar surface area (TPSA) is 16.1 Å². The first kappa shape index (κ1) is 11.3. The quantitative estimate of drug-likeness (QED) is 0.731. The number of hydrogen-bond acceptors (Lipinski definition) is 3. The number of alkyl halides is 1. The molecule has 2 aromatic rings. The summed E-state index contributed by atoms with van der Waals surface area (Å²) in [7, 11) is 0. The van der Waals surface area contributed by atoms with E-state index >= 15 is 0 Å². The average molecular weight is 267 g/mol. The molecule has 0 N–H and O–H groups in total. The molecule has 1 aliphatic rings. The fraction of sp³-hybridized carbons (Fsp3) is 0.462. The average Bonchev–Trinajstić information content (AvgIpc) is 2.76. The zero-order valence-corrected chi connectivity index (χ0v) is 11.3. The molecular formula is C13H15ClN2S. The zero-order valence-electron chi connectivity index (χ0n) is 9.77. The van der Waals surface area contributed by atoms with Crippen molar-refractivity contribution < 1.29 is 0 Å². The zero-order chi connectivity index (χ0) is 11.8. The van der Waals surface area contributed by atoms with Crippen LogP contribution in [0.4, 0.5) is 5.00 Å². The standard InChI is InChI=1S/C13H15ClN2S/c1-9-8-16(7-6-11(9)14)13-10-4-2-3-5-12(10)15-17-13/h2-5,9,11H,6-8H2,1H3. The first-order chi connectivity index (χ1) is 8.25. The lowest BCUT2D eigenvalue weighted by Gasteiger charge is -2.34. The Bertz CT molecular complexity index is 525. The Morgan fingerprint density at radius 1 is 1.41 bits per heavy atom. The van der Waals surface area contributed by atoms with Crippen LogP contribution in [0.25, 0.3) is 10.9 Å². The summed E-state index contributed by atoms with van der Waals surface area (Å²) in [4.78, 5) is 2.43. The van der Waals surface area contributed by atoms with Gasteiger partial charge in [0.05, 0.1) is 5.52 Å². The fourth-order valence-electron chi connectivity index (χ4n) is 2.41. The maximum atomic E-state index is 6.27. The number of rotatable bonds is 1. The molecule has 0 aliphatic carbocycles. The van der Waals surface area contributed by atoms with Crippen LogP contribution < -0.4 is 4.90 Å². The normalized spacial score (nSPS) is 25.4. The molecule has 2 unspecified atom stereocenters. The molecule has 17 heavy (non-hydrogen) atoms. The molecule has 0 amide bonds. The highest BCUT2D eigenvalue weighted by molar-refractivity contribution is 7.11. The van der Waals surface area contributed by atoms with Crippen LogP contribution in [-0.2, 0) is 0 Å². The van der Waals surface area contributed by atoms with E-state index in [4.69, 9.17) is 11.6 Å². The van der Waals surface area contributed by atoms with Gasteiger partial charge in [-0.1, -0.05) is 19.1 Å². The molecule has 1 fully saturated rings. The number of hydrogen-bond donors (Lipinski definition) is 0. The highest BCUT2D eigenvalue weighted by Crippen LogP contribution is 2.34. The summed E-state index contributed by atoms with van der Waals surface area (Å²) in [5.41, 5.74) is 1.10. The van der Waals surface area contributed by atoms with Crippen molar-refractivity contribution >= 4 is 39.0 Å². The van der Waals surface area contributed by atoms with Gasteiger partial charge in [-0.15, -0.1) is 11.6 Å². The van der Waals surface area contributed by atoms with Crippen molar-refractivity contribution in [1.29, 1.82) is 0 Å². The maximum Gasteiger partial charge on any atom is 0.119 e. The van der Waals surface area contributed by atoms with E-state index in [1.54, 1.807) is 11.5 Å². The van der Waals surface area contributed by atoms with E-state index in [2.05, 4.69) is 34.4 Å². The van der Waals surface area contributed by atoms with Crippen molar-refractivity contribution in [2.24, 2.45) is 5.92 Å². The molecule has 1 aliphatic heterocycles. The van der Waals surface area contributed by atoms with E-state index in [-0.39, 0.29) is 0 Å². The van der Waals surface area contributed by atoms with E-state index in [0.717, 1.165) is 25.0 Å². The van der Waals surface area contributed by atoms with Crippen molar-refractivity contribution in [1.82, 2.24) is 4.37 Å². The summed E-state index contributed by atoms with van der Waals surface area (Å²) in [5, 5.41) is 2.90. The van der Waals surface area contributed by atoms with E-state index in [9.17, 15) is 0 Å². The van der Waals surface area contributed by atoms with Gasteiger partial charge in [0.1, 0.15) is 5.00 Å². The lowest BCUT2D eigenvalue weighted by atomic mass is 10.00. The molecule has 3 rings (SSSR count). The molecule has 1 aromatic carbocycles. The molecule has 0 saturated carbocycles. The van der Waals surface area contributed by atoms with Crippen LogP contribution >= 0.6 is 23.1 Å². The van der Waals surface area contributed by atoms with Crippen molar-refractivity contribution in [2.45, 2.75) is 18.7 Å². The van der Waals surface area contributed by atoms with Crippen LogP contribution in [0.15, 0.2) is 24.3 Å². The third-order valence-corrected chi connectivity index (χ3v) is 5.04. The van der Waals surface area contributed by atoms with Crippen LogP contribution in [0.2, 0.25) is 0 Å². The summed E-state index contributed by atoms with van der Waals surface area (Å²) in [5.74, 6) is 0.547. The molecular weight excluding hydrogens is 252 g/mol. The van der Waals surface area contributed by atoms with Crippen molar-refractivity contribution in [3.63, 3.8) is 0 Å². The number of piperidine rings is 1. The molecule has 0 spiro atoms. The van der Waals surface area contributed by atoms with Gasteiger partial charge in [0.2, 0.25) is 0 Å². The third-order valence-electron chi connectivity index (χ3n) is 3.45. The van der Waals surface area contributed by atoms with E-state index < -0.39 is 0 Å². The number of halogens is 1. The van der Waals surface area contributed by atoms with E-state index in [1.807, 2.05) is 6.07 Å². The summed E-state index contributed by atoms with van der Waals surface area (Å²) in [6, 6.07) is 8.36. The first-order valence-corrected chi connectivity index (χ1v) is 7.20. The lowest BCUT2D eigenvalue weighted by Crippen LogP contribution is -2.39. The van der Waals surface area contributed by atoms with Gasteiger partial charge in [-0.25, -0.2) is 0 Å². The minimum atomic E-state index is 0.324. The van der Waals surface area contributed by atoms with Crippen molar-refractivity contribution in [3.05, 3.63) is 24.3 Å². The van der Waals surface area contributed by atoms with Crippen molar-refractivity contribution in [2.75, 3.05) is 18.0 Å². The second-order valence-corrected chi connectivity index (χ2v) is 6.05. The molecule has 2 heterocycles. The van der Waals surface area contributed by atoms with Gasteiger partial charge in [-0.05, 0) is 36.0 Å². The predicted molar refractivity (Wildman–Crippen MR) is 75.3 cm³/mol. The van der Waals surface area contributed by atoms with E-state index in [0.29, 0.717) is 11.3 Å². The van der Waals surface area contributed by atoms with E-state index in [1.165, 1.54) is 10.4 Å². The third kappa shape index (κ3) is 2.02. The Labute approximate surface area is 110 Å². The SMILES string of the molecule is CC1CN(c2snc3ccccc23)CCC1Cl. The molecule has 2 nitrogen and oxygen atoms in total. The summed E-state index contributed by atoms with van der Waals surface area (Å²) in [6.45, 7) is 4.32. The van der Waals surface area contributed by atoms with Gasteiger partial charge < -0.3 is 4.90 Å². The minimum absolute atomic E-state index is 0.324. The molecule has 4 heteroatoms. The Balaban J connectivity index is 1.94. The van der Waals surface area contributed by atoms with Gasteiger partial charge in [-0.2, -0.15) is 4.37 Å². The number of nitrogens with zero attached hydrogens (tertiary/aromatic N) is 2. The first-order valence-electron chi connectivity index (χ1n) is 5.99. The highest BCUT2D eigenvalue weighted by atomic mass is 35.5. The number of anilines is 1. The summed E-state index contributed by atoms with van der Waals surface area (Å²) in [6.07, 6.45) is 1.06. The molecule has 0 bridgehead atoms. The van der Waals surface area contributed by atoms with Crippen LogP contribution in [0.5, 0.6) is 0 Å². The van der Waals surface area contributed by atoms with Gasteiger partial charge in [-0.3, -0.25) is 0 Å². The molecule has 2 atom stereocenters. The molecule has 0 radical (unpaired) electrons. The van der Waals surface area contributed by atoms with Crippen molar-refractivity contribution in [3.8, 4) is 0 Å². The fourth-order valence-corrected chi connectivity index (χ4v) is 3.48. The number of aromatic nitrogens is 1. The smallest absolute Gasteiger partial charge is 0.119 e. The molecule has 1 saturated heterocycles. The Kier molecular flexibility index (Phi) is 2.97. The lowest BCUT2D eigenvalue weighted by molar-refractivity contribution is 0.457. The summed E-state index contributed by atoms with van der Waals surface area (Å²) >= 11 is 7.88. The molecule has 1 aromatic heterocycles. The minimum Gasteiger partial charge on any atom is -0.361 e. The number of benzene rings is 1. The maximum absolute atomic E-state index is 6.27. The van der Waals surface area contributed by atoms with Gasteiger partial charge in [0.15, 0.2) is 0 Å². The van der Waals surface area contributed by atoms with Crippen LogP contribution in [-0.4, -0.2) is 22.8 Å². The van der Waals surface area contributed by atoms with Crippen LogP contribution in [0.3, 0.4) is 0 Å². The predicted octanol–water partition coefficient (Wildman–Crippen LogP) is 3.75. The van der Waals surface area contributed by atoms with Crippen LogP contribution in [0, 0.1) is 5.92 Å². The second kappa shape index (κ2) is 4.46. The highest BCUT2D eigenvalue weighted by Gasteiger charge is 2.26.